The number of benzene rings is 2. The minimum atomic E-state index is -0.419. The predicted molar refractivity (Wildman–Crippen MR) is 111 cm³/mol. The number of hydrogen-bond donors (Lipinski definition) is 2. The first kappa shape index (κ1) is 19.6. The van der Waals surface area contributed by atoms with E-state index in [1.54, 1.807) is 4.68 Å². The number of nitrogens with zero attached hydrogens (tertiary/aromatic N) is 2. The summed E-state index contributed by atoms with van der Waals surface area (Å²) in [5.41, 5.74) is 4.41. The van der Waals surface area contributed by atoms with Crippen molar-refractivity contribution in [1.82, 2.24) is 9.78 Å². The summed E-state index contributed by atoms with van der Waals surface area (Å²) in [5, 5.41) is 10.3. The molecule has 0 saturated heterocycles. The third kappa shape index (κ3) is 4.39. The van der Waals surface area contributed by atoms with Crippen molar-refractivity contribution in [3.8, 4) is 5.69 Å². The Morgan fingerprint density at radius 2 is 1.64 bits per heavy atom. The topological polar surface area (TPSA) is 59.0 Å². The first-order valence-electron chi connectivity index (χ1n) is 9.15. The van der Waals surface area contributed by atoms with Crippen molar-refractivity contribution in [2.45, 2.75) is 40.0 Å². The number of aryl methyl sites for hydroxylation is 2. The first-order chi connectivity index (χ1) is 13.1. The molecule has 1 heterocycles. The average molecular weight is 380 g/mol. The number of hydrogen-bond acceptors (Lipinski definition) is 2. The van der Waals surface area contributed by atoms with Crippen molar-refractivity contribution in [3.63, 3.8) is 0 Å². The molecule has 0 aliphatic rings. The SMILES string of the molecule is Cc1ccc(-n2nc(C(C)(C)C)cc2NC(=O)Nc2ccc(F)cc2)cc1C. The molecule has 6 heteroatoms. The summed E-state index contributed by atoms with van der Waals surface area (Å²) in [6.07, 6.45) is 0. The van der Waals surface area contributed by atoms with Gasteiger partial charge in [0.1, 0.15) is 11.6 Å². The highest BCUT2D eigenvalue weighted by Crippen LogP contribution is 2.27. The molecule has 0 unspecified atom stereocenters. The van der Waals surface area contributed by atoms with Crippen LogP contribution in [0.25, 0.3) is 5.69 Å². The first-order valence-corrected chi connectivity index (χ1v) is 9.15. The van der Waals surface area contributed by atoms with Gasteiger partial charge in [-0.05, 0) is 61.4 Å². The zero-order valence-corrected chi connectivity index (χ0v) is 16.8. The molecule has 3 rings (SSSR count). The molecule has 0 aliphatic heterocycles. The lowest BCUT2D eigenvalue weighted by Crippen LogP contribution is -2.21. The number of nitrogens with one attached hydrogen (secondary N) is 2. The summed E-state index contributed by atoms with van der Waals surface area (Å²) in [4.78, 5) is 12.5. The van der Waals surface area contributed by atoms with E-state index in [-0.39, 0.29) is 11.2 Å². The van der Waals surface area contributed by atoms with Gasteiger partial charge in [0, 0.05) is 17.2 Å². The summed E-state index contributed by atoms with van der Waals surface area (Å²) >= 11 is 0. The van der Waals surface area contributed by atoms with E-state index < -0.39 is 6.03 Å². The summed E-state index contributed by atoms with van der Waals surface area (Å²) in [7, 11) is 0. The van der Waals surface area contributed by atoms with Crippen LogP contribution in [-0.4, -0.2) is 15.8 Å². The Kier molecular flexibility index (Phi) is 5.23. The maximum absolute atomic E-state index is 13.0. The molecule has 0 aliphatic carbocycles. The molecule has 146 valence electrons. The van der Waals surface area contributed by atoms with E-state index in [1.807, 2.05) is 31.2 Å². The number of urea groups is 1. The van der Waals surface area contributed by atoms with Crippen LogP contribution >= 0.6 is 0 Å². The molecule has 0 radical (unpaired) electrons. The maximum atomic E-state index is 13.0. The van der Waals surface area contributed by atoms with Gasteiger partial charge in [-0.3, -0.25) is 5.32 Å². The number of rotatable bonds is 3. The van der Waals surface area contributed by atoms with Gasteiger partial charge in [0.05, 0.1) is 11.4 Å². The van der Waals surface area contributed by atoms with Crippen molar-refractivity contribution in [2.75, 3.05) is 10.6 Å². The van der Waals surface area contributed by atoms with Crippen LogP contribution in [0, 0.1) is 19.7 Å². The third-order valence-electron chi connectivity index (χ3n) is 4.56. The maximum Gasteiger partial charge on any atom is 0.324 e. The molecule has 0 bridgehead atoms. The number of carbonyl (C=O) groups is 1. The molecule has 2 N–H and O–H groups in total. The molecule has 0 spiro atoms. The minimum Gasteiger partial charge on any atom is -0.308 e. The second kappa shape index (κ2) is 7.46. The molecule has 2 amide bonds. The second-order valence-corrected chi connectivity index (χ2v) is 7.93. The van der Waals surface area contributed by atoms with Crippen LogP contribution in [0.5, 0.6) is 0 Å². The van der Waals surface area contributed by atoms with Crippen molar-refractivity contribution in [1.29, 1.82) is 0 Å². The highest BCUT2D eigenvalue weighted by Gasteiger charge is 2.21. The quantitative estimate of drug-likeness (QED) is 0.624. The molecular formula is C22H25FN4O. The van der Waals surface area contributed by atoms with Crippen LogP contribution in [0.1, 0.15) is 37.6 Å². The monoisotopic (exact) mass is 380 g/mol. The van der Waals surface area contributed by atoms with Gasteiger partial charge >= 0.3 is 6.03 Å². The Labute approximate surface area is 164 Å². The normalized spacial score (nSPS) is 11.4. The number of carbonyl (C=O) groups excluding carboxylic acids is 1. The zero-order chi connectivity index (χ0) is 20.5. The summed E-state index contributed by atoms with van der Waals surface area (Å²) < 4.78 is 14.8. The average Bonchev–Trinajstić information content (AvgIpc) is 3.03. The Hall–Kier alpha value is -3.15. The van der Waals surface area contributed by atoms with E-state index in [4.69, 9.17) is 5.10 Å². The standard InChI is InChI=1S/C22H25FN4O/c1-14-6-11-18(12-15(14)2)27-20(13-19(26-27)22(3,4)5)25-21(28)24-17-9-7-16(23)8-10-17/h6-13H,1-5H3,(H2,24,25,28). The fourth-order valence-corrected chi connectivity index (χ4v) is 2.70. The highest BCUT2D eigenvalue weighted by molar-refractivity contribution is 5.99. The van der Waals surface area contributed by atoms with Crippen LogP contribution in [-0.2, 0) is 5.41 Å². The van der Waals surface area contributed by atoms with Crippen LogP contribution < -0.4 is 10.6 Å². The minimum absolute atomic E-state index is 0.172. The lowest BCUT2D eigenvalue weighted by molar-refractivity contribution is 0.262. The fraction of sp³-hybridized carbons (Fsp3) is 0.273. The molecule has 1 aromatic heterocycles. The smallest absolute Gasteiger partial charge is 0.308 e. The summed E-state index contributed by atoms with van der Waals surface area (Å²) in [6.45, 7) is 10.3. The van der Waals surface area contributed by atoms with Crippen LogP contribution in [0.4, 0.5) is 20.7 Å². The highest BCUT2D eigenvalue weighted by atomic mass is 19.1. The van der Waals surface area contributed by atoms with E-state index in [0.29, 0.717) is 11.5 Å². The molecule has 0 fully saturated rings. The van der Waals surface area contributed by atoms with Crippen molar-refractivity contribution in [3.05, 3.63) is 71.2 Å². The summed E-state index contributed by atoms with van der Waals surface area (Å²) in [6, 6.07) is 13.1. The van der Waals surface area contributed by atoms with Crippen LogP contribution in [0.15, 0.2) is 48.5 Å². The Morgan fingerprint density at radius 3 is 2.25 bits per heavy atom. The molecule has 0 saturated carbocycles. The van der Waals surface area contributed by atoms with Gasteiger partial charge in [-0.1, -0.05) is 26.8 Å². The number of amides is 2. The molecule has 28 heavy (non-hydrogen) atoms. The molecule has 3 aromatic rings. The fourth-order valence-electron chi connectivity index (χ4n) is 2.70. The molecule has 0 atom stereocenters. The van der Waals surface area contributed by atoms with Crippen molar-refractivity contribution in [2.24, 2.45) is 0 Å². The zero-order valence-electron chi connectivity index (χ0n) is 16.8. The van der Waals surface area contributed by atoms with Crippen molar-refractivity contribution < 1.29 is 9.18 Å². The second-order valence-electron chi connectivity index (χ2n) is 7.93. The van der Waals surface area contributed by atoms with Gasteiger partial charge in [-0.25, -0.2) is 13.9 Å². The lowest BCUT2D eigenvalue weighted by Gasteiger charge is -2.14. The van der Waals surface area contributed by atoms with Gasteiger partial charge < -0.3 is 5.32 Å². The van der Waals surface area contributed by atoms with Gasteiger partial charge in [-0.2, -0.15) is 5.10 Å². The van der Waals surface area contributed by atoms with Gasteiger partial charge in [-0.15, -0.1) is 0 Å². The third-order valence-corrected chi connectivity index (χ3v) is 4.56. The van der Waals surface area contributed by atoms with Gasteiger partial charge in [0.2, 0.25) is 0 Å². The van der Waals surface area contributed by atoms with E-state index in [1.165, 1.54) is 29.8 Å². The Bertz CT molecular complexity index is 1000. The predicted octanol–water partition coefficient (Wildman–Crippen LogP) is 5.57. The van der Waals surface area contributed by atoms with E-state index in [9.17, 15) is 9.18 Å². The molecule has 5 nitrogen and oxygen atoms in total. The van der Waals surface area contributed by atoms with Crippen molar-refractivity contribution >= 4 is 17.5 Å². The Morgan fingerprint density at radius 1 is 0.964 bits per heavy atom. The van der Waals surface area contributed by atoms with Gasteiger partial charge in [0.25, 0.3) is 0 Å². The molecular weight excluding hydrogens is 355 g/mol. The summed E-state index contributed by atoms with van der Waals surface area (Å²) in [5.74, 6) is 0.210. The number of aromatic nitrogens is 2. The van der Waals surface area contributed by atoms with E-state index >= 15 is 0 Å². The number of halogens is 1. The van der Waals surface area contributed by atoms with E-state index in [0.717, 1.165) is 16.9 Å². The molecule has 2 aromatic carbocycles. The number of anilines is 2. The van der Waals surface area contributed by atoms with Crippen LogP contribution in [0.3, 0.4) is 0 Å². The Balaban J connectivity index is 1.92. The lowest BCUT2D eigenvalue weighted by atomic mass is 9.92. The van der Waals surface area contributed by atoms with Crippen LogP contribution in [0.2, 0.25) is 0 Å². The van der Waals surface area contributed by atoms with E-state index in [2.05, 4.69) is 38.3 Å². The largest absolute Gasteiger partial charge is 0.324 e. The van der Waals surface area contributed by atoms with Gasteiger partial charge in [0.15, 0.2) is 0 Å².